The van der Waals surface area contributed by atoms with Gasteiger partial charge >= 0.3 is 6.18 Å². The van der Waals surface area contributed by atoms with Crippen LogP contribution in [0.2, 0.25) is 0 Å². The Bertz CT molecular complexity index is 504. The Hall–Kier alpha value is -1.23. The first kappa shape index (κ1) is 11.3. The van der Waals surface area contributed by atoms with E-state index in [1.54, 1.807) is 24.3 Å². The SMILES string of the molecule is FC(F)(F)Cn1c(CCl)nc2ccccc21. The number of halogens is 4. The molecule has 0 aliphatic heterocycles. The molecule has 86 valence electrons. The number of rotatable bonds is 2. The van der Waals surface area contributed by atoms with Gasteiger partial charge in [-0.25, -0.2) is 4.98 Å². The highest BCUT2D eigenvalue weighted by molar-refractivity contribution is 6.16. The molecule has 16 heavy (non-hydrogen) atoms. The Labute approximate surface area is 94.6 Å². The van der Waals surface area contributed by atoms with E-state index >= 15 is 0 Å². The van der Waals surface area contributed by atoms with Gasteiger partial charge in [-0.05, 0) is 12.1 Å². The first-order valence-corrected chi connectivity index (χ1v) is 5.11. The van der Waals surface area contributed by atoms with Gasteiger partial charge in [-0.1, -0.05) is 12.1 Å². The predicted octanol–water partition coefficient (Wildman–Crippen LogP) is 3.34. The van der Waals surface area contributed by atoms with Crippen molar-refractivity contribution in [3.8, 4) is 0 Å². The Kier molecular flexibility index (Phi) is 2.80. The monoisotopic (exact) mass is 248 g/mol. The van der Waals surface area contributed by atoms with Gasteiger partial charge in [0.05, 0.1) is 16.9 Å². The first-order chi connectivity index (χ1) is 7.51. The summed E-state index contributed by atoms with van der Waals surface area (Å²) in [6.07, 6.45) is -4.27. The van der Waals surface area contributed by atoms with Crippen LogP contribution in [0, 0.1) is 0 Å². The first-order valence-electron chi connectivity index (χ1n) is 4.58. The van der Waals surface area contributed by atoms with Gasteiger partial charge in [0, 0.05) is 0 Å². The number of nitrogens with zero attached hydrogens (tertiary/aromatic N) is 2. The molecule has 0 radical (unpaired) electrons. The van der Waals surface area contributed by atoms with E-state index in [0.717, 1.165) is 4.57 Å². The second-order valence-corrected chi connectivity index (χ2v) is 3.62. The third-order valence-corrected chi connectivity index (χ3v) is 2.43. The Morgan fingerprint density at radius 3 is 2.56 bits per heavy atom. The fraction of sp³-hybridized carbons (Fsp3) is 0.300. The summed E-state index contributed by atoms with van der Waals surface area (Å²) in [7, 11) is 0. The molecule has 0 aliphatic rings. The smallest absolute Gasteiger partial charge is 0.318 e. The van der Waals surface area contributed by atoms with Crippen LogP contribution in [0.15, 0.2) is 24.3 Å². The van der Waals surface area contributed by atoms with Gasteiger partial charge in [0.25, 0.3) is 0 Å². The van der Waals surface area contributed by atoms with Crippen molar-refractivity contribution in [1.82, 2.24) is 9.55 Å². The maximum atomic E-state index is 12.4. The van der Waals surface area contributed by atoms with E-state index < -0.39 is 12.7 Å². The Morgan fingerprint density at radius 2 is 1.94 bits per heavy atom. The fourth-order valence-corrected chi connectivity index (χ4v) is 1.79. The van der Waals surface area contributed by atoms with Crippen molar-refractivity contribution in [3.63, 3.8) is 0 Å². The van der Waals surface area contributed by atoms with Crippen LogP contribution in [0.4, 0.5) is 13.2 Å². The van der Waals surface area contributed by atoms with Crippen LogP contribution in [0.3, 0.4) is 0 Å². The maximum Gasteiger partial charge on any atom is 0.406 e. The molecule has 0 saturated heterocycles. The highest BCUT2D eigenvalue weighted by Gasteiger charge is 2.29. The number of hydrogen-bond donors (Lipinski definition) is 0. The molecule has 0 atom stereocenters. The molecule has 0 fully saturated rings. The van der Waals surface area contributed by atoms with Crippen LogP contribution in [0.1, 0.15) is 5.82 Å². The minimum atomic E-state index is -4.27. The van der Waals surface area contributed by atoms with Crippen LogP contribution in [-0.2, 0) is 12.4 Å². The van der Waals surface area contributed by atoms with Crippen molar-refractivity contribution in [1.29, 1.82) is 0 Å². The Morgan fingerprint density at radius 1 is 1.25 bits per heavy atom. The lowest BCUT2D eigenvalue weighted by Crippen LogP contribution is -2.19. The zero-order valence-corrected chi connectivity index (χ0v) is 8.89. The molecule has 6 heteroatoms. The van der Waals surface area contributed by atoms with Crippen molar-refractivity contribution in [3.05, 3.63) is 30.1 Å². The van der Waals surface area contributed by atoms with Gasteiger partial charge in [0.1, 0.15) is 12.4 Å². The molecule has 0 N–H and O–H groups in total. The second-order valence-electron chi connectivity index (χ2n) is 3.35. The number of alkyl halides is 4. The van der Waals surface area contributed by atoms with E-state index in [1.165, 1.54) is 0 Å². The summed E-state index contributed by atoms with van der Waals surface area (Å²) < 4.78 is 38.2. The highest BCUT2D eigenvalue weighted by atomic mass is 35.5. The zero-order chi connectivity index (χ0) is 11.8. The van der Waals surface area contributed by atoms with Crippen LogP contribution >= 0.6 is 11.6 Å². The average Bonchev–Trinajstić information content (AvgIpc) is 2.55. The molecule has 0 spiro atoms. The standard InChI is InChI=1S/C10H8ClF3N2/c11-5-9-15-7-3-1-2-4-8(7)16(9)6-10(12,13)14/h1-4H,5-6H2. The van der Waals surface area contributed by atoms with Crippen LogP contribution in [-0.4, -0.2) is 15.7 Å². The number of fused-ring (bicyclic) bond motifs is 1. The maximum absolute atomic E-state index is 12.4. The lowest BCUT2D eigenvalue weighted by molar-refractivity contribution is -0.140. The van der Waals surface area contributed by atoms with Gasteiger partial charge in [-0.2, -0.15) is 13.2 Å². The van der Waals surface area contributed by atoms with Crippen molar-refractivity contribution < 1.29 is 13.2 Å². The zero-order valence-electron chi connectivity index (χ0n) is 8.13. The van der Waals surface area contributed by atoms with E-state index in [9.17, 15) is 13.2 Å². The van der Waals surface area contributed by atoms with Crippen LogP contribution < -0.4 is 0 Å². The van der Waals surface area contributed by atoms with Crippen molar-refractivity contribution in [2.24, 2.45) is 0 Å². The van der Waals surface area contributed by atoms with E-state index in [2.05, 4.69) is 4.98 Å². The molecule has 2 aromatic rings. The van der Waals surface area contributed by atoms with E-state index in [0.29, 0.717) is 11.0 Å². The normalized spacial score (nSPS) is 12.2. The van der Waals surface area contributed by atoms with Crippen molar-refractivity contribution in [2.45, 2.75) is 18.6 Å². The predicted molar refractivity (Wildman–Crippen MR) is 55.3 cm³/mol. The largest absolute Gasteiger partial charge is 0.406 e. The molecule has 2 nitrogen and oxygen atoms in total. The molecular weight excluding hydrogens is 241 g/mol. The molecule has 1 aromatic heterocycles. The van der Waals surface area contributed by atoms with Crippen LogP contribution in [0.25, 0.3) is 11.0 Å². The third kappa shape index (κ3) is 2.14. The molecule has 1 aromatic carbocycles. The molecule has 0 aliphatic carbocycles. The van der Waals surface area contributed by atoms with Crippen molar-refractivity contribution >= 4 is 22.6 Å². The minimum absolute atomic E-state index is 0.0369. The van der Waals surface area contributed by atoms with E-state index in [-0.39, 0.29) is 11.7 Å². The topological polar surface area (TPSA) is 17.8 Å². The highest BCUT2D eigenvalue weighted by Crippen LogP contribution is 2.24. The molecular formula is C10H8ClF3N2. The third-order valence-electron chi connectivity index (χ3n) is 2.19. The number of hydrogen-bond acceptors (Lipinski definition) is 1. The summed E-state index contributed by atoms with van der Waals surface area (Å²) in [4.78, 5) is 4.05. The summed E-state index contributed by atoms with van der Waals surface area (Å²) in [6.45, 7) is -1.06. The number of aromatic nitrogens is 2. The van der Waals surface area contributed by atoms with E-state index in [4.69, 9.17) is 11.6 Å². The molecule has 1 heterocycles. The second kappa shape index (κ2) is 3.97. The van der Waals surface area contributed by atoms with Crippen molar-refractivity contribution in [2.75, 3.05) is 0 Å². The molecule has 0 unspecified atom stereocenters. The molecule has 0 bridgehead atoms. The van der Waals surface area contributed by atoms with Gasteiger partial charge < -0.3 is 4.57 Å². The van der Waals surface area contributed by atoms with Gasteiger partial charge in [0.2, 0.25) is 0 Å². The summed E-state index contributed by atoms with van der Waals surface area (Å²) in [5.74, 6) is 0.199. The lowest BCUT2D eigenvalue weighted by atomic mass is 10.3. The quantitative estimate of drug-likeness (QED) is 0.746. The van der Waals surface area contributed by atoms with Crippen LogP contribution in [0.5, 0.6) is 0 Å². The fourth-order valence-electron chi connectivity index (χ4n) is 1.58. The van der Waals surface area contributed by atoms with Gasteiger partial charge in [0.15, 0.2) is 0 Å². The van der Waals surface area contributed by atoms with Gasteiger partial charge in [-0.15, -0.1) is 11.6 Å². The number of imidazole rings is 1. The minimum Gasteiger partial charge on any atom is -0.318 e. The summed E-state index contributed by atoms with van der Waals surface area (Å²) in [5.41, 5.74) is 0.984. The summed E-state index contributed by atoms with van der Waals surface area (Å²) in [5, 5.41) is 0. The Balaban J connectivity index is 2.56. The van der Waals surface area contributed by atoms with E-state index in [1.807, 2.05) is 0 Å². The van der Waals surface area contributed by atoms with Gasteiger partial charge in [-0.3, -0.25) is 0 Å². The molecule has 0 amide bonds. The summed E-state index contributed by atoms with van der Waals surface area (Å²) in [6, 6.07) is 6.67. The molecule has 2 rings (SSSR count). The average molecular weight is 249 g/mol. The number of para-hydroxylation sites is 2. The molecule has 0 saturated carbocycles. The summed E-state index contributed by atoms with van der Waals surface area (Å²) >= 11 is 5.58. The lowest BCUT2D eigenvalue weighted by Gasteiger charge is -2.10. The number of benzene rings is 1.